The Kier molecular flexibility index (Phi) is 6.54. The summed E-state index contributed by atoms with van der Waals surface area (Å²) in [6.45, 7) is -0.180. The minimum atomic E-state index is -2.97. The second kappa shape index (κ2) is 8.86. The maximum Gasteiger partial charge on any atom is 0.387 e. The number of amides is 1. The predicted octanol–water partition coefficient (Wildman–Crippen LogP) is 3.80. The van der Waals surface area contributed by atoms with Gasteiger partial charge in [-0.15, -0.1) is 0 Å². The quantitative estimate of drug-likeness (QED) is 0.747. The molecule has 2 aromatic carbocycles. The Morgan fingerprint density at radius 3 is 2.71 bits per heavy atom. The number of rotatable bonds is 8. The zero-order valence-corrected chi connectivity index (χ0v) is 13.3. The number of carbonyl (C=O) groups excluding carboxylic acids is 1. The standard InChI is InChI=1S/C18H19F2NO3/c1-13-6-4-7-14(12-13)23-11-5-10-21-17(22)15-8-2-3-9-16(15)24-18(19)20/h2-4,6-9,12,18H,5,10-11H2,1H3,(H,21,22). The first kappa shape index (κ1) is 17.7. The highest BCUT2D eigenvalue weighted by molar-refractivity contribution is 5.96. The Bertz CT molecular complexity index is 677. The van der Waals surface area contributed by atoms with Crippen molar-refractivity contribution in [3.63, 3.8) is 0 Å². The van der Waals surface area contributed by atoms with Gasteiger partial charge in [-0.05, 0) is 43.2 Å². The van der Waals surface area contributed by atoms with E-state index in [4.69, 9.17) is 4.74 Å². The molecule has 0 radical (unpaired) electrons. The molecule has 0 saturated carbocycles. The van der Waals surface area contributed by atoms with E-state index in [-0.39, 0.29) is 11.3 Å². The predicted molar refractivity (Wildman–Crippen MR) is 86.7 cm³/mol. The van der Waals surface area contributed by atoms with E-state index in [2.05, 4.69) is 10.1 Å². The summed E-state index contributed by atoms with van der Waals surface area (Å²) in [7, 11) is 0. The molecule has 128 valence electrons. The fraction of sp³-hybridized carbons (Fsp3) is 0.278. The van der Waals surface area contributed by atoms with Crippen LogP contribution in [0.4, 0.5) is 8.78 Å². The second-order valence-electron chi connectivity index (χ2n) is 5.15. The van der Waals surface area contributed by atoms with Gasteiger partial charge in [-0.2, -0.15) is 8.78 Å². The maximum absolute atomic E-state index is 12.3. The molecule has 0 aliphatic carbocycles. The van der Waals surface area contributed by atoms with Crippen LogP contribution in [0.25, 0.3) is 0 Å². The van der Waals surface area contributed by atoms with Crippen molar-refractivity contribution in [1.82, 2.24) is 5.32 Å². The summed E-state index contributed by atoms with van der Waals surface area (Å²) in [5, 5.41) is 2.67. The van der Waals surface area contributed by atoms with E-state index >= 15 is 0 Å². The highest BCUT2D eigenvalue weighted by atomic mass is 19.3. The Hall–Kier alpha value is -2.63. The molecule has 0 heterocycles. The molecule has 0 bridgehead atoms. The zero-order chi connectivity index (χ0) is 17.4. The molecule has 0 fully saturated rings. The normalized spacial score (nSPS) is 10.5. The van der Waals surface area contributed by atoms with Crippen LogP contribution < -0.4 is 14.8 Å². The number of nitrogens with one attached hydrogen (secondary N) is 1. The number of hydrogen-bond donors (Lipinski definition) is 1. The minimum Gasteiger partial charge on any atom is -0.494 e. The van der Waals surface area contributed by atoms with Gasteiger partial charge in [0.2, 0.25) is 0 Å². The summed E-state index contributed by atoms with van der Waals surface area (Å²) < 4.78 is 34.6. The SMILES string of the molecule is Cc1cccc(OCCCNC(=O)c2ccccc2OC(F)F)c1. The molecule has 0 aliphatic heterocycles. The fourth-order valence-electron chi connectivity index (χ4n) is 2.12. The van der Waals surface area contributed by atoms with Crippen LogP contribution in [-0.4, -0.2) is 25.7 Å². The number of ether oxygens (including phenoxy) is 2. The van der Waals surface area contributed by atoms with Crippen LogP contribution in [0.1, 0.15) is 22.3 Å². The molecule has 0 spiro atoms. The van der Waals surface area contributed by atoms with Crippen LogP contribution in [0.15, 0.2) is 48.5 Å². The average molecular weight is 335 g/mol. The Labute approximate surface area is 139 Å². The molecule has 24 heavy (non-hydrogen) atoms. The Morgan fingerprint density at radius 1 is 1.17 bits per heavy atom. The molecular weight excluding hydrogens is 316 g/mol. The molecule has 1 amide bonds. The molecule has 0 atom stereocenters. The molecule has 0 saturated heterocycles. The van der Waals surface area contributed by atoms with Crippen molar-refractivity contribution >= 4 is 5.91 Å². The van der Waals surface area contributed by atoms with Crippen LogP contribution in [0.3, 0.4) is 0 Å². The van der Waals surface area contributed by atoms with E-state index < -0.39 is 12.5 Å². The maximum atomic E-state index is 12.3. The number of hydrogen-bond acceptors (Lipinski definition) is 3. The first-order chi connectivity index (χ1) is 11.6. The van der Waals surface area contributed by atoms with Gasteiger partial charge >= 0.3 is 6.61 Å². The fourth-order valence-corrected chi connectivity index (χ4v) is 2.12. The lowest BCUT2D eigenvalue weighted by molar-refractivity contribution is -0.0501. The topological polar surface area (TPSA) is 47.6 Å². The van der Waals surface area contributed by atoms with Crippen LogP contribution in [-0.2, 0) is 0 Å². The van der Waals surface area contributed by atoms with Gasteiger partial charge < -0.3 is 14.8 Å². The van der Waals surface area contributed by atoms with Crippen molar-refractivity contribution in [2.24, 2.45) is 0 Å². The monoisotopic (exact) mass is 335 g/mol. The highest BCUT2D eigenvalue weighted by Gasteiger charge is 2.14. The molecule has 0 aliphatic rings. The third kappa shape index (κ3) is 5.53. The van der Waals surface area contributed by atoms with Crippen LogP contribution in [0, 0.1) is 6.92 Å². The number of aryl methyl sites for hydroxylation is 1. The molecule has 2 rings (SSSR count). The van der Waals surface area contributed by atoms with Gasteiger partial charge in [0.15, 0.2) is 0 Å². The number of halogens is 2. The lowest BCUT2D eigenvalue weighted by atomic mass is 10.2. The second-order valence-corrected chi connectivity index (χ2v) is 5.15. The molecule has 0 unspecified atom stereocenters. The van der Waals surface area contributed by atoms with Crippen molar-refractivity contribution in [3.05, 3.63) is 59.7 Å². The average Bonchev–Trinajstić information content (AvgIpc) is 2.54. The van der Waals surface area contributed by atoms with E-state index in [0.717, 1.165) is 11.3 Å². The highest BCUT2D eigenvalue weighted by Crippen LogP contribution is 2.20. The van der Waals surface area contributed by atoms with Gasteiger partial charge in [0.1, 0.15) is 11.5 Å². The van der Waals surface area contributed by atoms with Gasteiger partial charge in [0.25, 0.3) is 5.91 Å². The number of para-hydroxylation sites is 1. The van der Waals surface area contributed by atoms with Gasteiger partial charge in [-0.25, -0.2) is 0 Å². The van der Waals surface area contributed by atoms with Crippen molar-refractivity contribution in [1.29, 1.82) is 0 Å². The van der Waals surface area contributed by atoms with Gasteiger partial charge in [0, 0.05) is 6.54 Å². The minimum absolute atomic E-state index is 0.0809. The van der Waals surface area contributed by atoms with Gasteiger partial charge in [-0.1, -0.05) is 24.3 Å². The summed E-state index contributed by atoms with van der Waals surface area (Å²) in [6, 6.07) is 13.6. The van der Waals surface area contributed by atoms with Crippen molar-refractivity contribution in [3.8, 4) is 11.5 Å². The van der Waals surface area contributed by atoms with Crippen molar-refractivity contribution in [2.75, 3.05) is 13.2 Å². The number of benzene rings is 2. The molecule has 1 N–H and O–H groups in total. The summed E-state index contributed by atoms with van der Waals surface area (Å²) in [6.07, 6.45) is 0.595. The van der Waals surface area contributed by atoms with Crippen LogP contribution in [0.5, 0.6) is 11.5 Å². The number of alkyl halides is 2. The van der Waals surface area contributed by atoms with E-state index in [1.807, 2.05) is 31.2 Å². The largest absolute Gasteiger partial charge is 0.494 e. The smallest absolute Gasteiger partial charge is 0.387 e. The molecule has 2 aromatic rings. The van der Waals surface area contributed by atoms with E-state index in [1.165, 1.54) is 18.2 Å². The summed E-state index contributed by atoms with van der Waals surface area (Å²) in [4.78, 5) is 12.0. The summed E-state index contributed by atoms with van der Waals surface area (Å²) >= 11 is 0. The number of carbonyl (C=O) groups is 1. The van der Waals surface area contributed by atoms with Gasteiger partial charge in [-0.3, -0.25) is 4.79 Å². The van der Waals surface area contributed by atoms with Crippen LogP contribution in [0.2, 0.25) is 0 Å². The lowest BCUT2D eigenvalue weighted by Crippen LogP contribution is -2.26. The third-order valence-electron chi connectivity index (χ3n) is 3.21. The summed E-state index contributed by atoms with van der Waals surface area (Å²) in [5.74, 6) is 0.180. The third-order valence-corrected chi connectivity index (χ3v) is 3.21. The molecular formula is C18H19F2NO3. The van der Waals surface area contributed by atoms with E-state index in [9.17, 15) is 13.6 Å². The van der Waals surface area contributed by atoms with E-state index in [0.29, 0.717) is 19.6 Å². The van der Waals surface area contributed by atoms with Crippen molar-refractivity contribution in [2.45, 2.75) is 20.0 Å². The Balaban J connectivity index is 1.77. The first-order valence-corrected chi connectivity index (χ1v) is 7.58. The van der Waals surface area contributed by atoms with Crippen LogP contribution >= 0.6 is 0 Å². The molecule has 6 heteroatoms. The Morgan fingerprint density at radius 2 is 1.96 bits per heavy atom. The van der Waals surface area contributed by atoms with E-state index in [1.54, 1.807) is 6.07 Å². The lowest BCUT2D eigenvalue weighted by Gasteiger charge is -2.11. The van der Waals surface area contributed by atoms with Crippen molar-refractivity contribution < 1.29 is 23.0 Å². The molecule has 4 nitrogen and oxygen atoms in total. The molecule has 0 aromatic heterocycles. The summed E-state index contributed by atoms with van der Waals surface area (Å²) in [5.41, 5.74) is 1.19. The van der Waals surface area contributed by atoms with Gasteiger partial charge in [0.05, 0.1) is 12.2 Å². The zero-order valence-electron chi connectivity index (χ0n) is 13.3. The first-order valence-electron chi connectivity index (χ1n) is 7.58.